The molecule has 2 aliphatic heterocycles. The molecule has 0 spiro atoms. The minimum absolute atomic E-state index is 0.0110. The van der Waals surface area contributed by atoms with Crippen molar-refractivity contribution in [1.29, 1.82) is 0 Å². The van der Waals surface area contributed by atoms with Crippen LogP contribution >= 0.6 is 0 Å². The lowest BCUT2D eigenvalue weighted by atomic mass is 10.1. The zero-order valence-corrected chi connectivity index (χ0v) is 9.06. The Morgan fingerprint density at radius 2 is 2.31 bits per heavy atom. The lowest BCUT2D eigenvalue weighted by Crippen LogP contribution is -2.39. The average Bonchev–Trinajstić information content (AvgIpc) is 2.87. The number of rotatable bonds is 1. The molecule has 2 saturated heterocycles. The molecule has 0 aromatic carbocycles. The van der Waals surface area contributed by atoms with Crippen LogP contribution in [0.4, 0.5) is 0 Å². The van der Waals surface area contributed by atoms with E-state index in [4.69, 9.17) is 4.52 Å². The number of likely N-dealkylation sites (tertiary alicyclic amines) is 1. The molecule has 2 unspecified atom stereocenters. The van der Waals surface area contributed by atoms with Crippen LogP contribution in [0.2, 0.25) is 0 Å². The van der Waals surface area contributed by atoms with Crippen molar-refractivity contribution in [1.82, 2.24) is 15.4 Å². The maximum absolute atomic E-state index is 12.1. The maximum Gasteiger partial charge on any atom is 0.276 e. The Bertz CT molecular complexity index is 377. The van der Waals surface area contributed by atoms with Crippen molar-refractivity contribution >= 4 is 5.91 Å². The molecule has 0 saturated carbocycles. The number of aromatic nitrogens is 1. The van der Waals surface area contributed by atoms with E-state index in [2.05, 4.69) is 10.5 Å². The van der Waals surface area contributed by atoms with Crippen LogP contribution in [-0.2, 0) is 0 Å². The topological polar surface area (TPSA) is 58.4 Å². The van der Waals surface area contributed by atoms with Gasteiger partial charge in [0.15, 0.2) is 5.69 Å². The molecule has 86 valence electrons. The van der Waals surface area contributed by atoms with Crippen LogP contribution in [0.3, 0.4) is 0 Å². The van der Waals surface area contributed by atoms with Gasteiger partial charge in [0.25, 0.3) is 5.91 Å². The van der Waals surface area contributed by atoms with Crippen molar-refractivity contribution in [3.8, 4) is 0 Å². The van der Waals surface area contributed by atoms with E-state index in [0.29, 0.717) is 17.8 Å². The van der Waals surface area contributed by atoms with Gasteiger partial charge < -0.3 is 14.7 Å². The van der Waals surface area contributed by atoms with Gasteiger partial charge >= 0.3 is 0 Å². The van der Waals surface area contributed by atoms with E-state index in [9.17, 15) is 4.79 Å². The van der Waals surface area contributed by atoms with Gasteiger partial charge in [0.1, 0.15) is 6.26 Å². The highest BCUT2D eigenvalue weighted by molar-refractivity contribution is 5.92. The number of carbonyl (C=O) groups excluding carboxylic acids is 1. The highest BCUT2D eigenvalue weighted by Crippen LogP contribution is 2.21. The van der Waals surface area contributed by atoms with E-state index in [1.54, 1.807) is 6.07 Å². The number of carbonyl (C=O) groups is 1. The van der Waals surface area contributed by atoms with E-state index >= 15 is 0 Å². The molecule has 16 heavy (non-hydrogen) atoms. The largest absolute Gasteiger partial charge is 0.364 e. The zero-order valence-electron chi connectivity index (χ0n) is 9.06. The molecule has 2 aliphatic rings. The van der Waals surface area contributed by atoms with Crippen LogP contribution in [0.5, 0.6) is 0 Å². The smallest absolute Gasteiger partial charge is 0.276 e. The molecule has 2 atom stereocenters. The SMILES string of the molecule is O=C(c1ccon1)N1CCC2CCC(C1)N2. The van der Waals surface area contributed by atoms with E-state index in [1.165, 1.54) is 19.1 Å². The van der Waals surface area contributed by atoms with Gasteiger partial charge in [0.05, 0.1) is 0 Å². The molecule has 1 amide bonds. The molecule has 1 N–H and O–H groups in total. The normalized spacial score (nSPS) is 29.1. The third kappa shape index (κ3) is 1.71. The molecule has 5 nitrogen and oxygen atoms in total. The Morgan fingerprint density at radius 3 is 3.12 bits per heavy atom. The summed E-state index contributed by atoms with van der Waals surface area (Å²) >= 11 is 0. The zero-order chi connectivity index (χ0) is 11.0. The van der Waals surface area contributed by atoms with Crippen LogP contribution < -0.4 is 5.32 Å². The van der Waals surface area contributed by atoms with Crippen LogP contribution in [0.1, 0.15) is 29.8 Å². The van der Waals surface area contributed by atoms with Gasteiger partial charge in [0, 0.05) is 31.2 Å². The minimum atomic E-state index is -0.0110. The fourth-order valence-electron chi connectivity index (χ4n) is 2.61. The van der Waals surface area contributed by atoms with Crippen LogP contribution in [-0.4, -0.2) is 41.1 Å². The highest BCUT2D eigenvalue weighted by Gasteiger charge is 2.31. The van der Waals surface area contributed by atoms with Crippen LogP contribution in [0.25, 0.3) is 0 Å². The molecular formula is C11H15N3O2. The summed E-state index contributed by atoms with van der Waals surface area (Å²) in [6.45, 7) is 1.61. The molecule has 1 aromatic rings. The average molecular weight is 221 g/mol. The minimum Gasteiger partial charge on any atom is -0.364 e. The van der Waals surface area contributed by atoms with Crippen molar-refractivity contribution < 1.29 is 9.32 Å². The first-order valence-electron chi connectivity index (χ1n) is 5.78. The summed E-state index contributed by atoms with van der Waals surface area (Å²) in [7, 11) is 0. The molecule has 3 heterocycles. The lowest BCUT2D eigenvalue weighted by molar-refractivity contribution is 0.0737. The second-order valence-electron chi connectivity index (χ2n) is 4.56. The number of hydrogen-bond donors (Lipinski definition) is 1. The standard InChI is InChI=1S/C11H15N3O2/c15-11(10-4-6-16-13-10)14-5-3-8-1-2-9(7-14)12-8/h4,6,8-9,12H,1-3,5,7H2. The summed E-state index contributed by atoms with van der Waals surface area (Å²) in [5, 5.41) is 7.24. The van der Waals surface area contributed by atoms with E-state index in [0.717, 1.165) is 19.5 Å². The summed E-state index contributed by atoms with van der Waals surface area (Å²) in [6, 6.07) is 2.68. The number of amides is 1. The Labute approximate surface area is 93.8 Å². The summed E-state index contributed by atoms with van der Waals surface area (Å²) in [5.41, 5.74) is 0.415. The van der Waals surface area contributed by atoms with Crippen molar-refractivity contribution in [2.75, 3.05) is 13.1 Å². The Morgan fingerprint density at radius 1 is 1.44 bits per heavy atom. The predicted octanol–water partition coefficient (Wildman–Crippen LogP) is 0.641. The summed E-state index contributed by atoms with van der Waals surface area (Å²) in [4.78, 5) is 13.9. The van der Waals surface area contributed by atoms with E-state index < -0.39 is 0 Å². The van der Waals surface area contributed by atoms with Crippen molar-refractivity contribution in [3.05, 3.63) is 18.0 Å². The number of fused-ring (bicyclic) bond motifs is 2. The number of hydrogen-bond acceptors (Lipinski definition) is 4. The second kappa shape index (κ2) is 3.90. The summed E-state index contributed by atoms with van der Waals surface area (Å²) < 4.78 is 4.71. The first kappa shape index (κ1) is 9.84. The Hall–Kier alpha value is -1.36. The maximum atomic E-state index is 12.1. The fraction of sp³-hybridized carbons (Fsp3) is 0.636. The van der Waals surface area contributed by atoms with Gasteiger partial charge in [-0.3, -0.25) is 4.79 Å². The van der Waals surface area contributed by atoms with Gasteiger partial charge in [0.2, 0.25) is 0 Å². The van der Waals surface area contributed by atoms with E-state index in [-0.39, 0.29) is 5.91 Å². The predicted molar refractivity (Wildman–Crippen MR) is 57.0 cm³/mol. The second-order valence-corrected chi connectivity index (χ2v) is 4.56. The van der Waals surface area contributed by atoms with Gasteiger partial charge in [-0.15, -0.1) is 0 Å². The van der Waals surface area contributed by atoms with Gasteiger partial charge in [-0.2, -0.15) is 0 Å². The van der Waals surface area contributed by atoms with Gasteiger partial charge in [-0.25, -0.2) is 0 Å². The number of nitrogens with one attached hydrogen (secondary N) is 1. The van der Waals surface area contributed by atoms with Crippen molar-refractivity contribution in [3.63, 3.8) is 0 Å². The third-order valence-corrected chi connectivity index (χ3v) is 3.47. The van der Waals surface area contributed by atoms with Gasteiger partial charge in [-0.1, -0.05) is 5.16 Å². The summed E-state index contributed by atoms with van der Waals surface area (Å²) in [5.74, 6) is -0.0110. The molecule has 2 bridgehead atoms. The molecule has 0 aliphatic carbocycles. The lowest BCUT2D eigenvalue weighted by Gasteiger charge is -2.23. The van der Waals surface area contributed by atoms with Crippen molar-refractivity contribution in [2.45, 2.75) is 31.3 Å². The number of nitrogens with zero attached hydrogens (tertiary/aromatic N) is 2. The molecule has 3 rings (SSSR count). The Balaban J connectivity index is 1.73. The quantitative estimate of drug-likeness (QED) is 0.756. The first-order valence-corrected chi connectivity index (χ1v) is 5.78. The van der Waals surface area contributed by atoms with Crippen LogP contribution in [0.15, 0.2) is 16.9 Å². The molecule has 2 fully saturated rings. The monoisotopic (exact) mass is 221 g/mol. The molecule has 1 aromatic heterocycles. The van der Waals surface area contributed by atoms with Gasteiger partial charge in [-0.05, 0) is 19.3 Å². The third-order valence-electron chi connectivity index (χ3n) is 3.47. The van der Waals surface area contributed by atoms with E-state index in [1.807, 2.05) is 4.90 Å². The molecule has 5 heteroatoms. The first-order chi connectivity index (χ1) is 7.83. The Kier molecular flexibility index (Phi) is 2.40. The molecule has 0 radical (unpaired) electrons. The molecular weight excluding hydrogens is 206 g/mol. The summed E-state index contributed by atoms with van der Waals surface area (Å²) in [6.07, 6.45) is 4.90. The van der Waals surface area contributed by atoms with Crippen LogP contribution in [0, 0.1) is 0 Å². The highest BCUT2D eigenvalue weighted by atomic mass is 16.5. The fourth-order valence-corrected chi connectivity index (χ4v) is 2.61. The van der Waals surface area contributed by atoms with Crippen molar-refractivity contribution in [2.24, 2.45) is 0 Å².